The minimum Gasteiger partial charge on any atom is -0.311 e. The Morgan fingerprint density at radius 1 is 1.33 bits per heavy atom. The molecule has 18 heavy (non-hydrogen) atoms. The van der Waals surface area contributed by atoms with Crippen molar-refractivity contribution >= 4 is 11.8 Å². The first-order valence-corrected chi connectivity index (χ1v) is 8.93. The first-order chi connectivity index (χ1) is 8.72. The summed E-state index contributed by atoms with van der Waals surface area (Å²) in [6, 6.07) is 1.47. The molecular weight excluding hydrogens is 240 g/mol. The third-order valence-corrected chi connectivity index (χ3v) is 5.12. The molecule has 0 amide bonds. The first kappa shape index (κ1) is 16.3. The third kappa shape index (κ3) is 5.10. The SMILES string of the molecule is CCCC1CNC(C(C)CC)CN1CCSCC. The number of rotatable bonds is 8. The lowest BCUT2D eigenvalue weighted by Gasteiger charge is -2.42. The lowest BCUT2D eigenvalue weighted by molar-refractivity contribution is 0.110. The fourth-order valence-electron chi connectivity index (χ4n) is 2.77. The first-order valence-electron chi connectivity index (χ1n) is 7.78. The van der Waals surface area contributed by atoms with Crippen LogP contribution in [0.15, 0.2) is 0 Å². The minimum atomic E-state index is 0.703. The van der Waals surface area contributed by atoms with Crippen molar-refractivity contribution in [2.45, 2.75) is 59.0 Å². The Morgan fingerprint density at radius 3 is 2.72 bits per heavy atom. The van der Waals surface area contributed by atoms with E-state index in [2.05, 4.69) is 49.7 Å². The van der Waals surface area contributed by atoms with Crippen molar-refractivity contribution in [1.29, 1.82) is 0 Å². The molecule has 1 saturated heterocycles. The monoisotopic (exact) mass is 272 g/mol. The molecule has 1 fully saturated rings. The maximum absolute atomic E-state index is 3.78. The minimum absolute atomic E-state index is 0.703. The van der Waals surface area contributed by atoms with Gasteiger partial charge in [0.05, 0.1) is 0 Å². The number of piperazine rings is 1. The average molecular weight is 273 g/mol. The number of hydrogen-bond donors (Lipinski definition) is 1. The second-order valence-corrected chi connectivity index (χ2v) is 6.93. The Balaban J connectivity index is 2.47. The summed E-state index contributed by atoms with van der Waals surface area (Å²) >= 11 is 2.08. The van der Waals surface area contributed by atoms with Crippen LogP contribution >= 0.6 is 11.8 Å². The van der Waals surface area contributed by atoms with E-state index in [9.17, 15) is 0 Å². The number of nitrogens with one attached hydrogen (secondary N) is 1. The highest BCUT2D eigenvalue weighted by atomic mass is 32.2. The number of thioether (sulfide) groups is 1. The predicted octanol–water partition coefficient (Wildman–Crippen LogP) is 3.23. The molecule has 0 aliphatic carbocycles. The molecule has 0 spiro atoms. The highest BCUT2D eigenvalue weighted by Gasteiger charge is 2.28. The molecule has 1 aliphatic heterocycles. The largest absolute Gasteiger partial charge is 0.311 e. The highest BCUT2D eigenvalue weighted by Crippen LogP contribution is 2.18. The molecule has 3 heteroatoms. The fourth-order valence-corrected chi connectivity index (χ4v) is 3.42. The standard InChI is InChI=1S/C15H32N2S/c1-5-8-14-11-16-15(13(4)6-2)12-17(14)9-10-18-7-3/h13-16H,5-12H2,1-4H3. The van der Waals surface area contributed by atoms with E-state index < -0.39 is 0 Å². The van der Waals surface area contributed by atoms with Gasteiger partial charge in [-0.25, -0.2) is 0 Å². The molecule has 0 aromatic rings. The quantitative estimate of drug-likeness (QED) is 0.683. The highest BCUT2D eigenvalue weighted by molar-refractivity contribution is 7.99. The third-order valence-electron chi connectivity index (χ3n) is 4.24. The van der Waals surface area contributed by atoms with Crippen LogP contribution in [0.25, 0.3) is 0 Å². The van der Waals surface area contributed by atoms with Crippen LogP contribution in [0.1, 0.15) is 47.0 Å². The van der Waals surface area contributed by atoms with Crippen LogP contribution in [-0.2, 0) is 0 Å². The van der Waals surface area contributed by atoms with Gasteiger partial charge in [0.2, 0.25) is 0 Å². The molecule has 3 atom stereocenters. The Kier molecular flexibility index (Phi) is 8.36. The van der Waals surface area contributed by atoms with E-state index >= 15 is 0 Å². The van der Waals surface area contributed by atoms with Crippen LogP contribution in [0.2, 0.25) is 0 Å². The van der Waals surface area contributed by atoms with Gasteiger partial charge >= 0.3 is 0 Å². The van der Waals surface area contributed by atoms with Crippen molar-refractivity contribution in [3.63, 3.8) is 0 Å². The van der Waals surface area contributed by atoms with Crippen LogP contribution in [0.5, 0.6) is 0 Å². The van der Waals surface area contributed by atoms with Crippen molar-refractivity contribution in [2.24, 2.45) is 5.92 Å². The summed E-state index contributed by atoms with van der Waals surface area (Å²) in [5, 5.41) is 3.78. The van der Waals surface area contributed by atoms with Gasteiger partial charge in [-0.15, -0.1) is 0 Å². The van der Waals surface area contributed by atoms with Gasteiger partial charge in [0.25, 0.3) is 0 Å². The Labute approximate surface area is 118 Å². The summed E-state index contributed by atoms with van der Waals surface area (Å²) < 4.78 is 0. The van der Waals surface area contributed by atoms with E-state index in [1.54, 1.807) is 0 Å². The van der Waals surface area contributed by atoms with E-state index in [-0.39, 0.29) is 0 Å². The van der Waals surface area contributed by atoms with Gasteiger partial charge in [-0.1, -0.05) is 40.5 Å². The van der Waals surface area contributed by atoms with E-state index in [4.69, 9.17) is 0 Å². The summed E-state index contributed by atoms with van der Waals surface area (Å²) in [6.07, 6.45) is 3.93. The molecule has 108 valence electrons. The van der Waals surface area contributed by atoms with Gasteiger partial charge in [-0.2, -0.15) is 11.8 Å². The summed E-state index contributed by atoms with van der Waals surface area (Å²) in [7, 11) is 0. The normalized spacial score (nSPS) is 27.3. The molecule has 0 aromatic heterocycles. The van der Waals surface area contributed by atoms with E-state index in [0.29, 0.717) is 6.04 Å². The van der Waals surface area contributed by atoms with Crippen LogP contribution in [0.3, 0.4) is 0 Å². The second kappa shape index (κ2) is 9.22. The molecular formula is C15H32N2S. The van der Waals surface area contributed by atoms with Crippen LogP contribution < -0.4 is 5.32 Å². The van der Waals surface area contributed by atoms with E-state index in [1.165, 1.54) is 50.4 Å². The fraction of sp³-hybridized carbons (Fsp3) is 1.00. The van der Waals surface area contributed by atoms with Gasteiger partial charge in [0, 0.05) is 37.5 Å². The molecule has 0 bridgehead atoms. The van der Waals surface area contributed by atoms with Gasteiger partial charge in [0.15, 0.2) is 0 Å². The Morgan fingerprint density at radius 2 is 2.11 bits per heavy atom. The van der Waals surface area contributed by atoms with Crippen molar-refractivity contribution in [2.75, 3.05) is 31.1 Å². The average Bonchev–Trinajstić information content (AvgIpc) is 2.40. The zero-order valence-electron chi connectivity index (χ0n) is 12.7. The molecule has 0 aromatic carbocycles. The van der Waals surface area contributed by atoms with Crippen molar-refractivity contribution < 1.29 is 0 Å². The van der Waals surface area contributed by atoms with Gasteiger partial charge in [-0.3, -0.25) is 4.90 Å². The molecule has 2 nitrogen and oxygen atoms in total. The summed E-state index contributed by atoms with van der Waals surface area (Å²) in [6.45, 7) is 13.0. The second-order valence-electron chi connectivity index (χ2n) is 5.53. The van der Waals surface area contributed by atoms with Gasteiger partial charge in [0.1, 0.15) is 0 Å². The number of nitrogens with zero attached hydrogens (tertiary/aromatic N) is 1. The van der Waals surface area contributed by atoms with Crippen LogP contribution in [0, 0.1) is 5.92 Å². The summed E-state index contributed by atoms with van der Waals surface area (Å²) in [4.78, 5) is 2.75. The molecule has 1 aliphatic rings. The van der Waals surface area contributed by atoms with Crippen LogP contribution in [0.4, 0.5) is 0 Å². The molecule has 0 saturated carbocycles. The maximum Gasteiger partial charge on any atom is 0.0221 e. The lowest BCUT2D eigenvalue weighted by atomic mass is 9.94. The Bertz CT molecular complexity index is 211. The lowest BCUT2D eigenvalue weighted by Crippen LogP contribution is -2.58. The molecule has 1 rings (SSSR count). The smallest absolute Gasteiger partial charge is 0.0221 e. The van der Waals surface area contributed by atoms with Gasteiger partial charge < -0.3 is 5.32 Å². The van der Waals surface area contributed by atoms with Gasteiger partial charge in [-0.05, 0) is 18.1 Å². The summed E-state index contributed by atoms with van der Waals surface area (Å²) in [5.41, 5.74) is 0. The zero-order chi connectivity index (χ0) is 13.4. The van der Waals surface area contributed by atoms with E-state index in [1.807, 2.05) is 0 Å². The number of hydrogen-bond acceptors (Lipinski definition) is 3. The van der Waals surface area contributed by atoms with Crippen molar-refractivity contribution in [3.8, 4) is 0 Å². The topological polar surface area (TPSA) is 15.3 Å². The zero-order valence-corrected chi connectivity index (χ0v) is 13.6. The van der Waals surface area contributed by atoms with Crippen molar-refractivity contribution in [3.05, 3.63) is 0 Å². The molecule has 1 N–H and O–H groups in total. The van der Waals surface area contributed by atoms with Crippen LogP contribution in [-0.4, -0.2) is 48.1 Å². The predicted molar refractivity (Wildman–Crippen MR) is 84.5 cm³/mol. The Hall–Kier alpha value is 0.270. The molecule has 1 heterocycles. The van der Waals surface area contributed by atoms with E-state index in [0.717, 1.165) is 12.0 Å². The van der Waals surface area contributed by atoms with Crippen molar-refractivity contribution in [1.82, 2.24) is 10.2 Å². The molecule has 3 unspecified atom stereocenters. The maximum atomic E-state index is 3.78. The summed E-state index contributed by atoms with van der Waals surface area (Å²) in [5.74, 6) is 3.34. The molecule has 0 radical (unpaired) electrons.